The predicted molar refractivity (Wildman–Crippen MR) is 160 cm³/mol. The topological polar surface area (TPSA) is 77.2 Å². The number of rotatable bonds is 10. The van der Waals surface area contributed by atoms with Gasteiger partial charge in [-0.3, -0.25) is 9.59 Å². The number of hydrogen-bond acceptors (Lipinski definition) is 3. The van der Waals surface area contributed by atoms with Crippen LogP contribution in [0.15, 0.2) is 79.0 Å². The Labute approximate surface area is 240 Å². The number of nitrogens with one attached hydrogen (secondary N) is 3. The molecule has 6 nitrogen and oxygen atoms in total. The number of nitrogens with zero attached hydrogens (tertiary/aromatic N) is 1. The number of benzene rings is 3. The summed E-state index contributed by atoms with van der Waals surface area (Å²) in [4.78, 5) is 32.0. The number of hydrogen-bond donors (Lipinski definition) is 3. The summed E-state index contributed by atoms with van der Waals surface area (Å²) in [5.41, 5.74) is 4.67. The summed E-state index contributed by atoms with van der Waals surface area (Å²) in [6.45, 7) is 3.84. The molecule has 2 aliphatic rings. The highest BCUT2D eigenvalue weighted by Gasteiger charge is 2.45. The Bertz CT molecular complexity index is 1490. The van der Waals surface area contributed by atoms with Crippen molar-refractivity contribution < 1.29 is 9.59 Å². The maximum absolute atomic E-state index is 13.3. The summed E-state index contributed by atoms with van der Waals surface area (Å²) < 4.78 is 0. The first-order valence-corrected chi connectivity index (χ1v) is 14.6. The Morgan fingerprint density at radius 2 is 1.65 bits per heavy atom. The molecule has 3 N–H and O–H groups in total. The maximum atomic E-state index is 13.3. The van der Waals surface area contributed by atoms with Crippen LogP contribution in [0.3, 0.4) is 0 Å². The minimum Gasteiger partial charge on any atom is -0.360 e. The molecule has 0 bridgehead atoms. The second kappa shape index (κ2) is 11.5. The van der Waals surface area contributed by atoms with Crippen LogP contribution in [0.5, 0.6) is 0 Å². The van der Waals surface area contributed by atoms with E-state index in [9.17, 15) is 9.59 Å². The van der Waals surface area contributed by atoms with Crippen LogP contribution >= 0.6 is 11.6 Å². The third kappa shape index (κ3) is 5.93. The van der Waals surface area contributed by atoms with E-state index < -0.39 is 0 Å². The molecule has 6 rings (SSSR count). The Kier molecular flexibility index (Phi) is 7.63. The van der Waals surface area contributed by atoms with Crippen molar-refractivity contribution in [1.29, 1.82) is 0 Å². The minimum atomic E-state index is -0.271. The Hall–Kier alpha value is -3.61. The molecule has 1 aliphatic heterocycles. The maximum Gasteiger partial charge on any atom is 0.251 e. The second-order valence-corrected chi connectivity index (χ2v) is 11.7. The van der Waals surface area contributed by atoms with E-state index in [0.717, 1.165) is 23.0 Å². The lowest BCUT2D eigenvalue weighted by Crippen LogP contribution is -2.45. The van der Waals surface area contributed by atoms with Gasteiger partial charge in [0.2, 0.25) is 0 Å². The lowest BCUT2D eigenvalue weighted by Gasteiger charge is -2.24. The summed E-state index contributed by atoms with van der Waals surface area (Å²) in [5.74, 6) is -0.328. The molecule has 4 aromatic rings. The predicted octanol–water partition coefficient (Wildman–Crippen LogP) is 5.72. The molecule has 1 unspecified atom stereocenters. The third-order valence-corrected chi connectivity index (χ3v) is 8.71. The van der Waals surface area contributed by atoms with E-state index in [0.29, 0.717) is 29.1 Å². The summed E-state index contributed by atoms with van der Waals surface area (Å²) in [5, 5.41) is 7.68. The van der Waals surface area contributed by atoms with Crippen LogP contribution in [0.25, 0.3) is 10.9 Å². The number of aromatic amines is 1. The van der Waals surface area contributed by atoms with Gasteiger partial charge in [0.25, 0.3) is 11.8 Å². The van der Waals surface area contributed by atoms with Gasteiger partial charge in [-0.2, -0.15) is 0 Å². The first kappa shape index (κ1) is 26.6. The smallest absolute Gasteiger partial charge is 0.251 e. The van der Waals surface area contributed by atoms with Gasteiger partial charge in [0.05, 0.1) is 11.1 Å². The molecule has 1 aromatic heterocycles. The fraction of sp³-hybridized carbons (Fsp3) is 0.333. The van der Waals surface area contributed by atoms with Crippen molar-refractivity contribution in [3.8, 4) is 0 Å². The lowest BCUT2D eigenvalue weighted by atomic mass is 9.94. The highest BCUT2D eigenvalue weighted by molar-refractivity contribution is 6.35. The Morgan fingerprint density at radius 3 is 2.38 bits per heavy atom. The largest absolute Gasteiger partial charge is 0.360 e. The van der Waals surface area contributed by atoms with Crippen LogP contribution in [0.4, 0.5) is 0 Å². The molecule has 2 heterocycles. The van der Waals surface area contributed by atoms with Gasteiger partial charge in [-0.05, 0) is 80.6 Å². The summed E-state index contributed by atoms with van der Waals surface area (Å²) in [6.07, 6.45) is 7.36. The Morgan fingerprint density at radius 1 is 0.925 bits per heavy atom. The molecule has 0 spiro atoms. The van der Waals surface area contributed by atoms with E-state index >= 15 is 0 Å². The van der Waals surface area contributed by atoms with Crippen LogP contribution in [0.2, 0.25) is 5.02 Å². The van der Waals surface area contributed by atoms with E-state index in [1.807, 2.05) is 48.5 Å². The summed E-state index contributed by atoms with van der Waals surface area (Å²) in [7, 11) is 0. The molecule has 7 heteroatoms. The average Bonchev–Trinajstić information content (AvgIpc) is 3.39. The van der Waals surface area contributed by atoms with Gasteiger partial charge in [0.1, 0.15) is 0 Å². The van der Waals surface area contributed by atoms with E-state index in [1.54, 1.807) is 18.3 Å². The fourth-order valence-corrected chi connectivity index (χ4v) is 6.14. The van der Waals surface area contributed by atoms with Crippen LogP contribution in [0.1, 0.15) is 57.5 Å². The number of carbonyl (C=O) groups is 2. The Balaban J connectivity index is 1.12. The van der Waals surface area contributed by atoms with Crippen LogP contribution in [-0.4, -0.2) is 53.9 Å². The van der Waals surface area contributed by atoms with E-state index in [-0.39, 0.29) is 23.3 Å². The molecule has 2 amide bonds. The molecule has 0 radical (unpaired) electrons. The number of likely N-dealkylation sites (tertiary alicyclic amines) is 1. The number of fused-ring (bicyclic) bond motifs is 1. The first-order valence-electron chi connectivity index (χ1n) is 14.2. The monoisotopic (exact) mass is 554 g/mol. The van der Waals surface area contributed by atoms with Gasteiger partial charge >= 0.3 is 0 Å². The molecule has 3 aromatic carbocycles. The fourth-order valence-electron chi connectivity index (χ4n) is 5.92. The number of carbonyl (C=O) groups excluding carboxylic acids is 2. The van der Waals surface area contributed by atoms with E-state index in [4.69, 9.17) is 11.6 Å². The van der Waals surface area contributed by atoms with Gasteiger partial charge in [-0.25, -0.2) is 0 Å². The van der Waals surface area contributed by atoms with Crippen molar-refractivity contribution in [3.05, 3.63) is 106 Å². The quantitative estimate of drug-likeness (QED) is 0.235. The van der Waals surface area contributed by atoms with E-state index in [2.05, 4.69) is 32.7 Å². The highest BCUT2D eigenvalue weighted by Crippen LogP contribution is 2.49. The third-order valence-electron chi connectivity index (χ3n) is 8.40. The van der Waals surface area contributed by atoms with Crippen LogP contribution in [0, 0.1) is 0 Å². The van der Waals surface area contributed by atoms with Crippen molar-refractivity contribution in [1.82, 2.24) is 20.5 Å². The zero-order valence-electron chi connectivity index (χ0n) is 22.6. The van der Waals surface area contributed by atoms with Crippen molar-refractivity contribution in [3.63, 3.8) is 0 Å². The van der Waals surface area contributed by atoms with Crippen molar-refractivity contribution in [2.24, 2.45) is 0 Å². The van der Waals surface area contributed by atoms with Crippen molar-refractivity contribution >= 4 is 34.3 Å². The number of H-pyrrole nitrogens is 1. The van der Waals surface area contributed by atoms with Gasteiger partial charge < -0.3 is 20.5 Å². The molecule has 1 saturated carbocycles. The zero-order chi connectivity index (χ0) is 27.5. The van der Waals surface area contributed by atoms with Crippen LogP contribution in [-0.2, 0) is 11.8 Å². The van der Waals surface area contributed by atoms with Gasteiger partial charge in [0.15, 0.2) is 0 Å². The SMILES string of the molecule is O=C(NCC(Cc1ccccc1)NC(=O)c1ccc(C2(CN3CCCC3)CC2)cc1)c1ccc2c(Cl)c[nH]c2c1. The highest BCUT2D eigenvalue weighted by atomic mass is 35.5. The number of aromatic nitrogens is 1. The minimum absolute atomic E-state index is 0.131. The van der Waals surface area contributed by atoms with Crippen LogP contribution < -0.4 is 10.6 Å². The van der Waals surface area contributed by atoms with E-state index in [1.165, 1.54) is 44.3 Å². The first-order chi connectivity index (χ1) is 19.5. The van der Waals surface area contributed by atoms with Gasteiger partial charge in [-0.1, -0.05) is 60.1 Å². The zero-order valence-corrected chi connectivity index (χ0v) is 23.3. The normalized spacial score (nSPS) is 17.0. The molecule has 206 valence electrons. The molecular weight excluding hydrogens is 520 g/mol. The summed E-state index contributed by atoms with van der Waals surface area (Å²) in [6, 6.07) is 23.3. The molecule has 1 atom stereocenters. The molecule has 1 saturated heterocycles. The van der Waals surface area contributed by atoms with Gasteiger partial charge in [-0.15, -0.1) is 0 Å². The molecule has 2 fully saturated rings. The number of amides is 2. The average molecular weight is 555 g/mol. The van der Waals surface area contributed by atoms with Crippen molar-refractivity contribution in [2.75, 3.05) is 26.2 Å². The molecular formula is C33H35ClN4O2. The molecule has 1 aliphatic carbocycles. The standard InChI is InChI=1S/C33H35ClN4O2/c34-29-21-35-30-19-25(10-13-28(29)30)31(39)36-20-27(18-23-6-2-1-3-7-23)37-32(40)24-8-11-26(12-9-24)33(14-15-33)22-38-16-4-5-17-38/h1-3,6-13,19,21,27,35H,4-5,14-18,20,22H2,(H,36,39)(H,37,40). The second-order valence-electron chi connectivity index (χ2n) is 11.3. The molecule has 40 heavy (non-hydrogen) atoms. The van der Waals surface area contributed by atoms with Gasteiger partial charge in [0, 0.05) is 46.7 Å². The lowest BCUT2D eigenvalue weighted by molar-refractivity contribution is 0.0908. The number of halogens is 1. The summed E-state index contributed by atoms with van der Waals surface area (Å²) >= 11 is 6.18. The van der Waals surface area contributed by atoms with Crippen molar-refractivity contribution in [2.45, 2.75) is 43.6 Å².